The van der Waals surface area contributed by atoms with Gasteiger partial charge in [-0.1, -0.05) is 375 Å². The Morgan fingerprint density at radius 3 is 0.760 bits per heavy atom. The summed E-state index contributed by atoms with van der Waals surface area (Å²) in [6.07, 6.45) is 62.7. The molecule has 0 heterocycles. The number of unbranched alkanes of at least 4 members (excludes halogenated alkanes) is 49. The van der Waals surface area contributed by atoms with Crippen molar-refractivity contribution >= 4 is 39.5 Å². The van der Waals surface area contributed by atoms with E-state index in [-0.39, 0.29) is 25.7 Å². The van der Waals surface area contributed by atoms with E-state index in [2.05, 4.69) is 41.5 Å². The second-order valence-corrected chi connectivity index (χ2v) is 32.8. The molecule has 0 spiro atoms. The summed E-state index contributed by atoms with van der Waals surface area (Å²) in [6, 6.07) is 0. The Kier molecular flexibility index (Phi) is 71.2. The lowest BCUT2D eigenvalue weighted by molar-refractivity contribution is -0.161. The summed E-state index contributed by atoms with van der Waals surface area (Å²) in [5.41, 5.74) is 0. The first-order valence-electron chi connectivity index (χ1n) is 42.0. The van der Waals surface area contributed by atoms with Crippen LogP contribution in [0.15, 0.2) is 0 Å². The van der Waals surface area contributed by atoms with Crippen molar-refractivity contribution in [2.75, 3.05) is 39.6 Å². The van der Waals surface area contributed by atoms with Crippen molar-refractivity contribution in [3.63, 3.8) is 0 Å². The zero-order valence-corrected chi connectivity index (χ0v) is 67.3. The van der Waals surface area contributed by atoms with E-state index in [0.717, 1.165) is 102 Å². The SMILES string of the molecule is CCCCCCCCCCCCCCCCCCCCCCC(=O)OC[C@H](COP(=O)(O)OC[C@@H](O)COP(=O)(O)OC[C@@H](COC(=O)CCCCCCCCCCC)OC(=O)CCCCCCCCC(C)CC)OC(=O)CCCCCCCCCCCCCCCCCCCCC(C)C. The number of hydrogen-bond donors (Lipinski definition) is 3. The van der Waals surface area contributed by atoms with E-state index in [1.165, 1.54) is 244 Å². The fourth-order valence-corrected chi connectivity index (χ4v) is 14.1. The normalized spacial score (nSPS) is 14.2. The maximum absolute atomic E-state index is 13.1. The molecule has 0 fully saturated rings. The number of carbonyl (C=O) groups excluding carboxylic acids is 4. The number of hydrogen-bond acceptors (Lipinski definition) is 15. The second kappa shape index (κ2) is 72.6. The Hall–Kier alpha value is -1.94. The third-order valence-corrected chi connectivity index (χ3v) is 21.2. The average Bonchev–Trinajstić information content (AvgIpc) is 1.07. The van der Waals surface area contributed by atoms with Gasteiger partial charge in [-0.25, -0.2) is 9.13 Å². The maximum atomic E-state index is 13.1. The molecule has 0 radical (unpaired) electrons. The maximum Gasteiger partial charge on any atom is 0.472 e. The molecule has 0 amide bonds. The van der Waals surface area contributed by atoms with Gasteiger partial charge in [-0.2, -0.15) is 0 Å². The molecule has 0 saturated heterocycles. The van der Waals surface area contributed by atoms with Gasteiger partial charge in [0.05, 0.1) is 26.4 Å². The van der Waals surface area contributed by atoms with Gasteiger partial charge in [0.15, 0.2) is 12.2 Å². The molecule has 0 aliphatic rings. The summed E-state index contributed by atoms with van der Waals surface area (Å²) in [5.74, 6) is -0.574. The molecule has 0 saturated carbocycles. The zero-order chi connectivity index (χ0) is 73.5. The van der Waals surface area contributed by atoms with Gasteiger partial charge in [0.2, 0.25) is 0 Å². The molecule has 0 aromatic rings. The predicted molar refractivity (Wildman–Crippen MR) is 409 cm³/mol. The highest BCUT2D eigenvalue weighted by molar-refractivity contribution is 7.47. The molecular formula is C81H158O17P2. The Balaban J connectivity index is 5.17. The van der Waals surface area contributed by atoms with Crippen LogP contribution in [0.25, 0.3) is 0 Å². The van der Waals surface area contributed by atoms with Gasteiger partial charge in [-0.3, -0.25) is 37.3 Å². The van der Waals surface area contributed by atoms with Crippen LogP contribution in [0.5, 0.6) is 0 Å². The Morgan fingerprint density at radius 2 is 0.510 bits per heavy atom. The van der Waals surface area contributed by atoms with Crippen molar-refractivity contribution < 1.29 is 80.2 Å². The lowest BCUT2D eigenvalue weighted by Gasteiger charge is -2.21. The van der Waals surface area contributed by atoms with E-state index in [9.17, 15) is 43.2 Å². The van der Waals surface area contributed by atoms with E-state index >= 15 is 0 Å². The third kappa shape index (κ3) is 73.0. The largest absolute Gasteiger partial charge is 0.472 e. The van der Waals surface area contributed by atoms with Crippen LogP contribution < -0.4 is 0 Å². The van der Waals surface area contributed by atoms with Gasteiger partial charge < -0.3 is 33.8 Å². The molecule has 19 heteroatoms. The van der Waals surface area contributed by atoms with Crippen LogP contribution in [-0.4, -0.2) is 96.7 Å². The Morgan fingerprint density at radius 1 is 0.290 bits per heavy atom. The molecule has 0 bridgehead atoms. The Labute approximate surface area is 613 Å². The van der Waals surface area contributed by atoms with Gasteiger partial charge in [-0.15, -0.1) is 0 Å². The molecule has 594 valence electrons. The number of carbonyl (C=O) groups is 4. The van der Waals surface area contributed by atoms with Crippen molar-refractivity contribution in [1.82, 2.24) is 0 Å². The van der Waals surface area contributed by atoms with E-state index in [0.29, 0.717) is 25.7 Å². The first-order valence-corrected chi connectivity index (χ1v) is 45.0. The minimum absolute atomic E-state index is 0.103. The summed E-state index contributed by atoms with van der Waals surface area (Å²) in [4.78, 5) is 72.9. The fourth-order valence-electron chi connectivity index (χ4n) is 12.5. The topological polar surface area (TPSA) is 237 Å². The van der Waals surface area contributed by atoms with Crippen LogP contribution in [0.2, 0.25) is 0 Å². The number of aliphatic hydroxyl groups excluding tert-OH is 1. The molecule has 100 heavy (non-hydrogen) atoms. The number of aliphatic hydroxyl groups is 1. The summed E-state index contributed by atoms with van der Waals surface area (Å²) in [7, 11) is -9.91. The van der Waals surface area contributed by atoms with Crippen molar-refractivity contribution in [2.45, 2.75) is 445 Å². The molecule has 0 aromatic heterocycles. The molecule has 0 rings (SSSR count). The highest BCUT2D eigenvalue weighted by Gasteiger charge is 2.30. The van der Waals surface area contributed by atoms with E-state index in [1.54, 1.807) is 0 Å². The number of phosphoric acid groups is 2. The van der Waals surface area contributed by atoms with Crippen LogP contribution in [0.3, 0.4) is 0 Å². The first kappa shape index (κ1) is 98.1. The van der Waals surface area contributed by atoms with Crippen molar-refractivity contribution in [1.29, 1.82) is 0 Å². The second-order valence-electron chi connectivity index (χ2n) is 29.9. The molecule has 0 aromatic carbocycles. The quantitative estimate of drug-likeness (QED) is 0.0222. The minimum atomic E-state index is -4.96. The van der Waals surface area contributed by atoms with Crippen LogP contribution in [0.4, 0.5) is 0 Å². The molecule has 0 aliphatic carbocycles. The van der Waals surface area contributed by atoms with Crippen LogP contribution >= 0.6 is 15.6 Å². The van der Waals surface area contributed by atoms with Crippen molar-refractivity contribution in [3.8, 4) is 0 Å². The molecule has 3 unspecified atom stereocenters. The molecule has 0 aliphatic heterocycles. The monoisotopic (exact) mass is 1470 g/mol. The van der Waals surface area contributed by atoms with E-state index in [1.807, 2.05) is 0 Å². The van der Waals surface area contributed by atoms with E-state index < -0.39 is 97.5 Å². The third-order valence-electron chi connectivity index (χ3n) is 19.3. The molecule has 3 N–H and O–H groups in total. The summed E-state index contributed by atoms with van der Waals surface area (Å²) in [5, 5.41) is 10.6. The molecule has 6 atom stereocenters. The predicted octanol–water partition coefficient (Wildman–Crippen LogP) is 24.3. The lowest BCUT2D eigenvalue weighted by Crippen LogP contribution is -2.30. The van der Waals surface area contributed by atoms with E-state index in [4.69, 9.17) is 37.0 Å². The smallest absolute Gasteiger partial charge is 0.462 e. The minimum Gasteiger partial charge on any atom is -0.462 e. The summed E-state index contributed by atoms with van der Waals surface area (Å²) < 4.78 is 68.6. The van der Waals surface area contributed by atoms with Gasteiger partial charge in [0, 0.05) is 25.7 Å². The van der Waals surface area contributed by atoms with Gasteiger partial charge >= 0.3 is 39.5 Å². The van der Waals surface area contributed by atoms with Crippen molar-refractivity contribution in [2.24, 2.45) is 11.8 Å². The number of esters is 4. The number of rotatable bonds is 80. The van der Waals surface area contributed by atoms with Gasteiger partial charge in [0.1, 0.15) is 19.3 Å². The highest BCUT2D eigenvalue weighted by Crippen LogP contribution is 2.45. The first-order chi connectivity index (χ1) is 48.4. The lowest BCUT2D eigenvalue weighted by atomic mass is 10.00. The highest BCUT2D eigenvalue weighted by atomic mass is 31.2. The molecular weight excluding hydrogens is 1310 g/mol. The summed E-state index contributed by atoms with van der Waals surface area (Å²) in [6.45, 7) is 9.59. The van der Waals surface area contributed by atoms with Crippen LogP contribution in [-0.2, 0) is 65.4 Å². The van der Waals surface area contributed by atoms with Gasteiger partial charge in [-0.05, 0) is 37.5 Å². The Bertz CT molecular complexity index is 1930. The molecule has 17 nitrogen and oxygen atoms in total. The standard InChI is InChI=1S/C81H158O17P2/c1-7-10-12-14-16-18-19-20-21-22-23-24-28-31-34-37-41-45-52-58-64-79(84)92-69-76(97-80(85)65-59-53-46-42-38-35-32-29-26-25-27-30-33-36-40-43-49-55-61-73(4)5)71-95-99(87,88)93-67-75(82)68-94-100(89,90)96-72-77(70-91-78(83)63-57-51-44-39-17-15-13-11-8-2)98-81(86)66-60-54-48-47-50-56-62-74(6)9-3/h73-77,82H,7-72H2,1-6H3,(H,87,88)(H,89,90)/t74?,75-,76-,77-/m1/s1. The zero-order valence-electron chi connectivity index (χ0n) is 65.5. The van der Waals surface area contributed by atoms with Crippen LogP contribution in [0, 0.1) is 11.8 Å². The fraction of sp³-hybridized carbons (Fsp3) is 0.951. The average molecular weight is 1470 g/mol. The van der Waals surface area contributed by atoms with Crippen molar-refractivity contribution in [3.05, 3.63) is 0 Å². The van der Waals surface area contributed by atoms with Gasteiger partial charge in [0.25, 0.3) is 0 Å². The van der Waals surface area contributed by atoms with Crippen LogP contribution in [0.1, 0.15) is 427 Å². The summed E-state index contributed by atoms with van der Waals surface area (Å²) >= 11 is 0. The number of ether oxygens (including phenoxy) is 4. The number of phosphoric ester groups is 2.